The number of nitrogens with two attached hydrogens (primary N) is 1. The molecule has 96 valence electrons. The molecule has 0 aliphatic heterocycles. The van der Waals surface area contributed by atoms with Crippen molar-refractivity contribution >= 4 is 27.5 Å². The van der Waals surface area contributed by atoms with Gasteiger partial charge in [-0.25, -0.2) is 0 Å². The second-order valence-corrected chi connectivity index (χ2v) is 4.71. The number of furan rings is 1. The number of nitrogen functional groups attached to an aromatic ring is 1. The molecule has 2 N–H and O–H groups in total. The van der Waals surface area contributed by atoms with Crippen molar-refractivity contribution in [3.8, 4) is 0 Å². The number of carbonyl (C=O) groups is 1. The van der Waals surface area contributed by atoms with Crippen LogP contribution in [0.25, 0.3) is 0 Å². The van der Waals surface area contributed by atoms with Crippen molar-refractivity contribution in [3.05, 3.63) is 35.0 Å². The average molecular weight is 313 g/mol. The number of hydrogen-bond acceptors (Lipinski definition) is 4. The quantitative estimate of drug-likeness (QED) is 0.927. The summed E-state index contributed by atoms with van der Waals surface area (Å²) in [6.45, 7) is 0.580. The lowest BCUT2D eigenvalue weighted by Gasteiger charge is -2.15. The topological polar surface area (TPSA) is 77.3 Å². The summed E-state index contributed by atoms with van der Waals surface area (Å²) in [7, 11) is 1.71. The predicted molar refractivity (Wildman–Crippen MR) is 69.5 cm³/mol. The lowest BCUT2D eigenvalue weighted by atomic mass is 10.4. The van der Waals surface area contributed by atoms with Crippen LogP contribution >= 0.6 is 15.9 Å². The van der Waals surface area contributed by atoms with E-state index in [1.54, 1.807) is 24.2 Å². The molecule has 0 aliphatic rings. The van der Waals surface area contributed by atoms with Gasteiger partial charge in [0.25, 0.3) is 0 Å². The summed E-state index contributed by atoms with van der Waals surface area (Å²) in [6, 6.07) is 3.61. The SMILES string of the molecule is CN(Cc1ccc(Br)o1)C(=O)Cn1cc(N)cn1. The van der Waals surface area contributed by atoms with E-state index in [4.69, 9.17) is 10.2 Å². The van der Waals surface area contributed by atoms with Crippen LogP contribution in [0.2, 0.25) is 0 Å². The van der Waals surface area contributed by atoms with E-state index < -0.39 is 0 Å². The van der Waals surface area contributed by atoms with Crippen LogP contribution in [0.1, 0.15) is 5.76 Å². The normalized spacial score (nSPS) is 10.6. The molecule has 2 heterocycles. The predicted octanol–water partition coefficient (Wildman–Crippen LogP) is 1.48. The number of nitrogens with zero attached hydrogens (tertiary/aromatic N) is 3. The third kappa shape index (κ3) is 3.13. The van der Waals surface area contributed by atoms with Gasteiger partial charge in [-0.2, -0.15) is 5.10 Å². The van der Waals surface area contributed by atoms with Gasteiger partial charge >= 0.3 is 0 Å². The molecule has 0 saturated heterocycles. The van der Waals surface area contributed by atoms with Gasteiger partial charge in [0, 0.05) is 13.2 Å². The minimum Gasteiger partial charge on any atom is -0.452 e. The Morgan fingerprint density at radius 3 is 2.94 bits per heavy atom. The Labute approximate surface area is 112 Å². The first kappa shape index (κ1) is 12.7. The van der Waals surface area contributed by atoms with Gasteiger partial charge in [0.15, 0.2) is 4.67 Å². The van der Waals surface area contributed by atoms with Crippen molar-refractivity contribution in [1.82, 2.24) is 14.7 Å². The van der Waals surface area contributed by atoms with Crippen molar-refractivity contribution in [2.24, 2.45) is 0 Å². The molecule has 1 amide bonds. The minimum atomic E-state index is -0.0642. The van der Waals surface area contributed by atoms with E-state index >= 15 is 0 Å². The standard InChI is InChI=1S/C11H13BrN4O2/c1-15(6-9-2-3-10(12)18-9)11(17)7-16-5-8(13)4-14-16/h2-5H,6-7,13H2,1H3. The molecular formula is C11H13BrN4O2. The van der Waals surface area contributed by atoms with Crippen molar-refractivity contribution in [2.75, 3.05) is 12.8 Å². The van der Waals surface area contributed by atoms with Crippen molar-refractivity contribution in [2.45, 2.75) is 13.1 Å². The summed E-state index contributed by atoms with van der Waals surface area (Å²) >= 11 is 3.22. The number of carbonyl (C=O) groups excluding carboxylic acids is 1. The van der Waals surface area contributed by atoms with E-state index in [1.165, 1.54) is 10.9 Å². The Balaban J connectivity index is 1.92. The highest BCUT2D eigenvalue weighted by molar-refractivity contribution is 9.10. The number of amides is 1. The van der Waals surface area contributed by atoms with Gasteiger partial charge < -0.3 is 15.1 Å². The fourth-order valence-electron chi connectivity index (χ4n) is 1.48. The summed E-state index contributed by atoms with van der Waals surface area (Å²) in [5, 5.41) is 3.96. The van der Waals surface area contributed by atoms with E-state index in [1.807, 2.05) is 6.07 Å². The van der Waals surface area contributed by atoms with E-state index in [0.29, 0.717) is 16.9 Å². The van der Waals surface area contributed by atoms with Gasteiger partial charge in [-0.05, 0) is 28.1 Å². The fourth-order valence-corrected chi connectivity index (χ4v) is 1.82. The molecule has 0 spiro atoms. The number of likely N-dealkylation sites (N-methyl/N-ethyl adjacent to an activating group) is 1. The van der Waals surface area contributed by atoms with Crippen LogP contribution in [-0.2, 0) is 17.9 Å². The first-order chi connectivity index (χ1) is 8.54. The summed E-state index contributed by atoms with van der Waals surface area (Å²) < 4.78 is 7.50. The zero-order chi connectivity index (χ0) is 13.1. The van der Waals surface area contributed by atoms with Crippen LogP contribution in [0.4, 0.5) is 5.69 Å². The molecule has 0 radical (unpaired) electrons. The Bertz CT molecular complexity index is 549. The van der Waals surface area contributed by atoms with Crippen LogP contribution < -0.4 is 5.73 Å². The number of rotatable bonds is 4. The minimum absolute atomic E-state index is 0.0642. The first-order valence-electron chi connectivity index (χ1n) is 5.30. The highest BCUT2D eigenvalue weighted by Gasteiger charge is 2.12. The van der Waals surface area contributed by atoms with Gasteiger partial charge in [-0.15, -0.1) is 0 Å². The molecule has 0 saturated carbocycles. The lowest BCUT2D eigenvalue weighted by molar-refractivity contribution is -0.131. The Morgan fingerprint density at radius 2 is 2.39 bits per heavy atom. The monoisotopic (exact) mass is 312 g/mol. The molecule has 6 nitrogen and oxygen atoms in total. The molecule has 0 atom stereocenters. The summed E-state index contributed by atoms with van der Waals surface area (Å²) in [4.78, 5) is 13.5. The first-order valence-corrected chi connectivity index (χ1v) is 6.10. The van der Waals surface area contributed by atoms with E-state index in [-0.39, 0.29) is 12.5 Å². The van der Waals surface area contributed by atoms with Crippen molar-refractivity contribution < 1.29 is 9.21 Å². The molecular weight excluding hydrogens is 300 g/mol. The Kier molecular flexibility index (Phi) is 3.71. The Hall–Kier alpha value is -1.76. The van der Waals surface area contributed by atoms with E-state index in [9.17, 15) is 4.79 Å². The van der Waals surface area contributed by atoms with Crippen molar-refractivity contribution in [3.63, 3.8) is 0 Å². The summed E-state index contributed by atoms with van der Waals surface area (Å²) in [5.74, 6) is 0.656. The van der Waals surface area contributed by atoms with Gasteiger partial charge in [0.1, 0.15) is 12.3 Å². The van der Waals surface area contributed by atoms with E-state index in [0.717, 1.165) is 5.76 Å². The Morgan fingerprint density at radius 1 is 1.61 bits per heavy atom. The maximum Gasteiger partial charge on any atom is 0.244 e. The maximum absolute atomic E-state index is 11.9. The largest absolute Gasteiger partial charge is 0.452 e. The van der Waals surface area contributed by atoms with Crippen molar-refractivity contribution in [1.29, 1.82) is 0 Å². The lowest BCUT2D eigenvalue weighted by Crippen LogP contribution is -2.29. The van der Waals surface area contributed by atoms with Gasteiger partial charge in [-0.3, -0.25) is 9.48 Å². The molecule has 18 heavy (non-hydrogen) atoms. The zero-order valence-electron chi connectivity index (χ0n) is 9.84. The maximum atomic E-state index is 11.9. The molecule has 7 heteroatoms. The van der Waals surface area contributed by atoms with Gasteiger partial charge in [-0.1, -0.05) is 0 Å². The van der Waals surface area contributed by atoms with E-state index in [2.05, 4.69) is 21.0 Å². The number of hydrogen-bond donors (Lipinski definition) is 1. The molecule has 0 unspecified atom stereocenters. The molecule has 2 aromatic heterocycles. The van der Waals surface area contributed by atoms with Crippen LogP contribution in [-0.4, -0.2) is 27.6 Å². The average Bonchev–Trinajstić information content (AvgIpc) is 2.88. The number of anilines is 1. The van der Waals surface area contributed by atoms with Gasteiger partial charge in [0.2, 0.25) is 5.91 Å². The number of halogens is 1. The van der Waals surface area contributed by atoms with Gasteiger partial charge in [0.05, 0.1) is 18.4 Å². The molecule has 0 aromatic carbocycles. The van der Waals surface area contributed by atoms with Crippen LogP contribution in [0.3, 0.4) is 0 Å². The van der Waals surface area contributed by atoms with Crippen LogP contribution in [0, 0.1) is 0 Å². The molecule has 2 rings (SSSR count). The second-order valence-electron chi connectivity index (χ2n) is 3.93. The summed E-state index contributed by atoms with van der Waals surface area (Å²) in [5.41, 5.74) is 6.07. The molecule has 2 aromatic rings. The molecule has 0 bridgehead atoms. The highest BCUT2D eigenvalue weighted by Crippen LogP contribution is 2.15. The smallest absolute Gasteiger partial charge is 0.244 e. The molecule has 0 aliphatic carbocycles. The molecule has 0 fully saturated rings. The van der Waals surface area contributed by atoms with Crippen LogP contribution in [0.5, 0.6) is 0 Å². The second kappa shape index (κ2) is 5.26. The zero-order valence-corrected chi connectivity index (χ0v) is 11.4. The third-order valence-electron chi connectivity index (χ3n) is 2.40. The highest BCUT2D eigenvalue weighted by atomic mass is 79.9. The third-order valence-corrected chi connectivity index (χ3v) is 2.82. The summed E-state index contributed by atoms with van der Waals surface area (Å²) in [6.07, 6.45) is 3.13. The van der Waals surface area contributed by atoms with Crippen LogP contribution in [0.15, 0.2) is 33.6 Å². The fraction of sp³-hybridized carbons (Fsp3) is 0.273. The number of aromatic nitrogens is 2.